The molecular weight excluding hydrogens is 386 g/mol. The summed E-state index contributed by atoms with van der Waals surface area (Å²) in [5, 5.41) is 6.71. The van der Waals surface area contributed by atoms with Gasteiger partial charge < -0.3 is 15.5 Å². The lowest BCUT2D eigenvalue weighted by Gasteiger charge is -2.39. The first kappa shape index (κ1) is 18.9. The van der Waals surface area contributed by atoms with E-state index in [9.17, 15) is 0 Å². The van der Waals surface area contributed by atoms with Crippen molar-refractivity contribution in [1.29, 1.82) is 0 Å². The largest absolute Gasteiger partial charge is 0.368 e. The molecule has 1 saturated carbocycles. The number of pyridine rings is 1. The molecular formula is C24H29N7. The number of hydrogen-bond acceptors (Lipinski definition) is 7. The van der Waals surface area contributed by atoms with Crippen molar-refractivity contribution in [2.45, 2.75) is 44.9 Å². The van der Waals surface area contributed by atoms with Gasteiger partial charge in [-0.3, -0.25) is 4.99 Å². The number of allylic oxidation sites excluding steroid dienone is 2. The van der Waals surface area contributed by atoms with Crippen LogP contribution >= 0.6 is 0 Å². The standard InChI is InChI=1S/C24H29N7/c1-2-6-24(7-3-1)8-9-26-19-14-17-15-28-23(30-22(17)21(19)24)29-20-5-4-18(16-27-20)31-12-10-25-11-13-31/h4-5,9,15-16,25H,1-3,6-8,10-14H2,(H,27,28,29,30). The number of fused-ring (bicyclic) bond motifs is 3. The van der Waals surface area contributed by atoms with Crippen molar-refractivity contribution in [3.8, 4) is 0 Å². The molecule has 2 aromatic heterocycles. The zero-order valence-electron chi connectivity index (χ0n) is 17.9. The van der Waals surface area contributed by atoms with Crippen molar-refractivity contribution in [3.63, 3.8) is 0 Å². The summed E-state index contributed by atoms with van der Waals surface area (Å²) in [6.07, 6.45) is 14.4. The van der Waals surface area contributed by atoms with Crippen LogP contribution in [0.2, 0.25) is 0 Å². The Balaban J connectivity index is 1.25. The smallest absolute Gasteiger partial charge is 0.228 e. The molecule has 2 aliphatic carbocycles. The van der Waals surface area contributed by atoms with E-state index < -0.39 is 0 Å². The van der Waals surface area contributed by atoms with Crippen LogP contribution in [-0.2, 0) is 6.42 Å². The van der Waals surface area contributed by atoms with Crippen molar-refractivity contribution in [2.75, 3.05) is 36.4 Å². The third kappa shape index (κ3) is 3.41. The SMILES string of the molecule is C1=NC2=C(c3nc(Nc4ccc(N5CCNCC5)cn4)ncc3C2)C2(C1)CCCCC2. The summed E-state index contributed by atoms with van der Waals surface area (Å²) in [6, 6.07) is 4.15. The molecule has 0 atom stereocenters. The van der Waals surface area contributed by atoms with Gasteiger partial charge >= 0.3 is 0 Å². The average molecular weight is 416 g/mol. The predicted molar refractivity (Wildman–Crippen MR) is 124 cm³/mol. The highest BCUT2D eigenvalue weighted by Gasteiger charge is 2.43. The lowest BCUT2D eigenvalue weighted by atomic mass is 9.65. The highest BCUT2D eigenvalue weighted by molar-refractivity contribution is 5.84. The summed E-state index contributed by atoms with van der Waals surface area (Å²) in [5.74, 6) is 1.40. The molecule has 31 heavy (non-hydrogen) atoms. The Bertz CT molecular complexity index is 1030. The van der Waals surface area contributed by atoms with Crippen LogP contribution in [0.15, 0.2) is 35.2 Å². The fourth-order valence-corrected chi connectivity index (χ4v) is 5.69. The van der Waals surface area contributed by atoms with Gasteiger partial charge in [-0.05, 0) is 31.4 Å². The van der Waals surface area contributed by atoms with Crippen molar-refractivity contribution in [2.24, 2.45) is 10.4 Å². The Labute approximate surface area is 183 Å². The maximum atomic E-state index is 4.98. The first-order valence-corrected chi connectivity index (χ1v) is 11.6. The maximum Gasteiger partial charge on any atom is 0.228 e. The van der Waals surface area contributed by atoms with Gasteiger partial charge in [0.15, 0.2) is 0 Å². The van der Waals surface area contributed by atoms with E-state index in [0.29, 0.717) is 5.95 Å². The second kappa shape index (κ2) is 7.71. The molecule has 0 aromatic carbocycles. The van der Waals surface area contributed by atoms with Gasteiger partial charge in [0, 0.05) is 61.6 Å². The maximum absolute atomic E-state index is 4.98. The van der Waals surface area contributed by atoms with Crippen molar-refractivity contribution < 1.29 is 0 Å². The first-order chi connectivity index (χ1) is 15.3. The number of hydrogen-bond donors (Lipinski definition) is 2. The topological polar surface area (TPSA) is 78.3 Å². The summed E-state index contributed by atoms with van der Waals surface area (Å²) in [5.41, 5.74) is 6.33. The second-order valence-electron chi connectivity index (χ2n) is 9.19. The normalized spacial score (nSPS) is 21.9. The Hall–Kier alpha value is -2.80. The first-order valence-electron chi connectivity index (χ1n) is 11.6. The molecule has 2 N–H and O–H groups in total. The Morgan fingerprint density at radius 2 is 1.87 bits per heavy atom. The van der Waals surface area contributed by atoms with Crippen LogP contribution < -0.4 is 15.5 Å². The van der Waals surface area contributed by atoms with Gasteiger partial charge in [-0.15, -0.1) is 0 Å². The fraction of sp³-hybridized carbons (Fsp3) is 0.500. The van der Waals surface area contributed by atoms with E-state index in [1.54, 1.807) is 0 Å². The van der Waals surface area contributed by atoms with Gasteiger partial charge in [0.2, 0.25) is 5.95 Å². The van der Waals surface area contributed by atoms with Crippen LogP contribution in [-0.4, -0.2) is 47.3 Å². The molecule has 2 aliphatic heterocycles. The molecule has 1 saturated heterocycles. The van der Waals surface area contributed by atoms with Gasteiger partial charge in [-0.2, -0.15) is 0 Å². The average Bonchev–Trinajstić information content (AvgIpc) is 3.20. The quantitative estimate of drug-likeness (QED) is 0.796. The van der Waals surface area contributed by atoms with Gasteiger partial charge in [0.05, 0.1) is 23.3 Å². The summed E-state index contributed by atoms with van der Waals surface area (Å²) in [6.45, 7) is 4.08. The number of aromatic nitrogens is 3. The molecule has 1 spiro atoms. The van der Waals surface area contributed by atoms with Crippen LogP contribution in [0.5, 0.6) is 0 Å². The molecule has 2 fully saturated rings. The van der Waals surface area contributed by atoms with Crippen LogP contribution in [0.3, 0.4) is 0 Å². The number of aliphatic imine (C=N–C) groups is 1. The fourth-order valence-electron chi connectivity index (χ4n) is 5.69. The molecule has 0 unspecified atom stereocenters. The van der Waals surface area contributed by atoms with Crippen LogP contribution in [0, 0.1) is 5.41 Å². The number of nitrogens with one attached hydrogen (secondary N) is 2. The molecule has 0 radical (unpaired) electrons. The molecule has 160 valence electrons. The summed E-state index contributed by atoms with van der Waals surface area (Å²) in [7, 11) is 0. The Kier molecular flexibility index (Phi) is 4.71. The van der Waals surface area contributed by atoms with Crippen molar-refractivity contribution >= 4 is 29.2 Å². The molecule has 0 bridgehead atoms. The number of nitrogens with zero attached hydrogens (tertiary/aromatic N) is 5. The van der Waals surface area contributed by atoms with Crippen molar-refractivity contribution in [1.82, 2.24) is 20.3 Å². The number of piperazine rings is 1. The zero-order valence-corrected chi connectivity index (χ0v) is 17.9. The Morgan fingerprint density at radius 1 is 1.00 bits per heavy atom. The van der Waals surface area contributed by atoms with Gasteiger partial charge in [-0.25, -0.2) is 15.0 Å². The molecule has 4 heterocycles. The minimum atomic E-state index is 0.232. The lowest BCUT2D eigenvalue weighted by Crippen LogP contribution is -2.43. The van der Waals surface area contributed by atoms with Crippen LogP contribution in [0.4, 0.5) is 17.5 Å². The minimum absolute atomic E-state index is 0.232. The molecule has 6 rings (SSSR count). The van der Waals surface area contributed by atoms with E-state index in [0.717, 1.165) is 56.2 Å². The van der Waals surface area contributed by atoms with Gasteiger partial charge in [-0.1, -0.05) is 19.3 Å². The Morgan fingerprint density at radius 3 is 2.68 bits per heavy atom. The highest BCUT2D eigenvalue weighted by atomic mass is 15.2. The summed E-state index contributed by atoms with van der Waals surface area (Å²) < 4.78 is 0. The van der Waals surface area contributed by atoms with E-state index in [1.165, 1.54) is 48.9 Å². The van der Waals surface area contributed by atoms with Crippen LogP contribution in [0.1, 0.15) is 49.8 Å². The minimum Gasteiger partial charge on any atom is -0.368 e. The number of rotatable bonds is 3. The monoisotopic (exact) mass is 415 g/mol. The predicted octanol–water partition coefficient (Wildman–Crippen LogP) is 3.72. The highest BCUT2D eigenvalue weighted by Crippen LogP contribution is 2.54. The third-order valence-electron chi connectivity index (χ3n) is 7.29. The second-order valence-corrected chi connectivity index (χ2v) is 9.19. The summed E-state index contributed by atoms with van der Waals surface area (Å²) in [4.78, 5) is 21.3. The van der Waals surface area contributed by atoms with E-state index in [2.05, 4.69) is 37.8 Å². The molecule has 4 aliphatic rings. The van der Waals surface area contributed by atoms with Gasteiger partial charge in [0.25, 0.3) is 0 Å². The zero-order chi connectivity index (χ0) is 20.7. The summed E-state index contributed by atoms with van der Waals surface area (Å²) >= 11 is 0. The van der Waals surface area contributed by atoms with Crippen molar-refractivity contribution in [3.05, 3.63) is 41.5 Å². The molecule has 0 amide bonds. The van der Waals surface area contributed by atoms with E-state index in [-0.39, 0.29) is 5.41 Å². The van der Waals surface area contributed by atoms with E-state index in [4.69, 9.17) is 9.98 Å². The molecule has 7 heteroatoms. The van der Waals surface area contributed by atoms with E-state index in [1.807, 2.05) is 18.5 Å². The van der Waals surface area contributed by atoms with Crippen LogP contribution in [0.25, 0.3) is 5.57 Å². The molecule has 2 aromatic rings. The molecule has 7 nitrogen and oxygen atoms in total. The lowest BCUT2D eigenvalue weighted by molar-refractivity contribution is 0.279. The van der Waals surface area contributed by atoms with E-state index >= 15 is 0 Å². The third-order valence-corrected chi connectivity index (χ3v) is 7.29. The number of anilines is 3. The van der Waals surface area contributed by atoms with Gasteiger partial charge in [0.1, 0.15) is 5.82 Å².